The molecule has 2 N–H and O–H groups in total. The third-order valence-electron chi connectivity index (χ3n) is 6.93. The Hall–Kier alpha value is -1.63. The van der Waals surface area contributed by atoms with Crippen LogP contribution in [0.5, 0.6) is 0 Å². The molecule has 1 saturated carbocycles. The van der Waals surface area contributed by atoms with Crippen LogP contribution in [0.1, 0.15) is 65.2 Å². The van der Waals surface area contributed by atoms with Crippen LogP contribution < -0.4 is 5.32 Å². The lowest BCUT2D eigenvalue weighted by molar-refractivity contribution is -0.143. The van der Waals surface area contributed by atoms with Crippen molar-refractivity contribution >= 4 is 17.8 Å². The number of rotatable bonds is 5. The number of carbonyl (C=O) groups excluding carboxylic acids is 3. The van der Waals surface area contributed by atoms with Crippen LogP contribution in [0.2, 0.25) is 0 Å². The summed E-state index contributed by atoms with van der Waals surface area (Å²) in [5.74, 6) is 0.109. The number of imide groups is 1. The van der Waals surface area contributed by atoms with Gasteiger partial charge in [-0.3, -0.25) is 14.5 Å². The van der Waals surface area contributed by atoms with Crippen LogP contribution in [0.3, 0.4) is 0 Å². The number of urea groups is 1. The van der Waals surface area contributed by atoms with Gasteiger partial charge in [0.15, 0.2) is 0 Å². The Morgan fingerprint density at radius 2 is 1.92 bits per heavy atom. The molecule has 2 heterocycles. The number of hydrogen-bond donors (Lipinski definition) is 2. The average Bonchev–Trinajstić information content (AvgIpc) is 3.18. The van der Waals surface area contributed by atoms with E-state index in [9.17, 15) is 19.5 Å². The van der Waals surface area contributed by atoms with Gasteiger partial charge in [-0.2, -0.15) is 0 Å². The summed E-state index contributed by atoms with van der Waals surface area (Å²) in [4.78, 5) is 41.0. The summed E-state index contributed by atoms with van der Waals surface area (Å²) >= 11 is 0. The first-order valence-corrected chi connectivity index (χ1v) is 9.97. The fourth-order valence-electron chi connectivity index (χ4n) is 4.93. The fourth-order valence-corrected chi connectivity index (χ4v) is 4.93. The first-order chi connectivity index (χ1) is 12.4. The number of nitrogens with zero attached hydrogens (tertiary/aromatic N) is 2. The molecule has 1 atom stereocenters. The van der Waals surface area contributed by atoms with E-state index < -0.39 is 17.1 Å². The van der Waals surface area contributed by atoms with Crippen LogP contribution in [-0.4, -0.2) is 63.5 Å². The number of nitrogens with one attached hydrogen (secondary N) is 1. The van der Waals surface area contributed by atoms with Crippen molar-refractivity contribution < 1.29 is 19.5 Å². The highest BCUT2D eigenvalue weighted by Gasteiger charge is 2.53. The summed E-state index contributed by atoms with van der Waals surface area (Å²) in [6.45, 7) is 4.36. The van der Waals surface area contributed by atoms with Crippen molar-refractivity contribution in [2.75, 3.05) is 19.7 Å². The molecule has 7 heteroatoms. The van der Waals surface area contributed by atoms with Gasteiger partial charge in [0.25, 0.3) is 5.91 Å². The summed E-state index contributed by atoms with van der Waals surface area (Å²) in [5.41, 5.74) is -1.36. The number of aliphatic hydroxyl groups excluding tert-OH is 1. The van der Waals surface area contributed by atoms with Gasteiger partial charge in [-0.05, 0) is 50.9 Å². The fraction of sp³-hybridized carbons (Fsp3) is 0.842. The Labute approximate surface area is 155 Å². The molecule has 1 spiro atoms. The topological polar surface area (TPSA) is 90.0 Å². The predicted octanol–water partition coefficient (Wildman–Crippen LogP) is 1.64. The van der Waals surface area contributed by atoms with Crippen LogP contribution >= 0.6 is 0 Å². The molecule has 0 unspecified atom stereocenters. The van der Waals surface area contributed by atoms with Gasteiger partial charge < -0.3 is 15.3 Å². The van der Waals surface area contributed by atoms with E-state index in [1.807, 2.05) is 6.92 Å². The van der Waals surface area contributed by atoms with Crippen LogP contribution in [0, 0.1) is 5.92 Å². The van der Waals surface area contributed by atoms with Gasteiger partial charge >= 0.3 is 6.03 Å². The van der Waals surface area contributed by atoms with Crippen LogP contribution in [0.4, 0.5) is 4.79 Å². The van der Waals surface area contributed by atoms with E-state index in [2.05, 4.69) is 12.2 Å². The van der Waals surface area contributed by atoms with Crippen molar-refractivity contribution in [3.05, 3.63) is 0 Å². The molecule has 1 aliphatic carbocycles. The van der Waals surface area contributed by atoms with Crippen LogP contribution in [0.15, 0.2) is 0 Å². The summed E-state index contributed by atoms with van der Waals surface area (Å²) in [5, 5.41) is 12.7. The van der Waals surface area contributed by atoms with Crippen molar-refractivity contribution in [1.29, 1.82) is 0 Å². The summed E-state index contributed by atoms with van der Waals surface area (Å²) < 4.78 is 0. The van der Waals surface area contributed by atoms with Crippen molar-refractivity contribution in [1.82, 2.24) is 15.1 Å². The lowest BCUT2D eigenvalue weighted by Crippen LogP contribution is -2.54. The van der Waals surface area contributed by atoms with Crippen molar-refractivity contribution in [2.24, 2.45) is 5.92 Å². The van der Waals surface area contributed by atoms with Gasteiger partial charge in [0, 0.05) is 6.54 Å². The lowest BCUT2D eigenvalue weighted by Gasteiger charge is -2.37. The number of amides is 4. The first kappa shape index (κ1) is 19.1. The molecule has 3 fully saturated rings. The maximum Gasteiger partial charge on any atom is 0.325 e. The molecule has 0 bridgehead atoms. The van der Waals surface area contributed by atoms with E-state index in [0.29, 0.717) is 31.7 Å². The molecule has 2 saturated heterocycles. The van der Waals surface area contributed by atoms with Gasteiger partial charge in [0.2, 0.25) is 5.91 Å². The monoisotopic (exact) mass is 365 g/mol. The Morgan fingerprint density at radius 1 is 1.23 bits per heavy atom. The van der Waals surface area contributed by atoms with Gasteiger partial charge in [-0.1, -0.05) is 20.3 Å². The summed E-state index contributed by atoms with van der Waals surface area (Å²) in [6, 6.07) is -0.455. The van der Waals surface area contributed by atoms with Crippen molar-refractivity contribution in [2.45, 2.75) is 76.3 Å². The minimum atomic E-state index is -0.813. The first-order valence-electron chi connectivity index (χ1n) is 9.97. The Bertz CT molecular complexity index is 579. The molecular formula is C19H31N3O4. The number of likely N-dealkylation sites (tertiary alicyclic amines) is 1. The minimum absolute atomic E-state index is 0.0856. The van der Waals surface area contributed by atoms with E-state index >= 15 is 0 Å². The highest BCUT2D eigenvalue weighted by Crippen LogP contribution is 2.38. The highest BCUT2D eigenvalue weighted by molar-refractivity contribution is 6.09. The average molecular weight is 365 g/mol. The van der Waals surface area contributed by atoms with Crippen LogP contribution in [0.25, 0.3) is 0 Å². The SMILES string of the molecule is CCC1CCC2(CC1)NC(=O)N(CC(=O)N1CCC[C@]1(CC)CO)C2=O. The second kappa shape index (κ2) is 7.18. The third kappa shape index (κ3) is 3.00. The van der Waals surface area contributed by atoms with Gasteiger partial charge in [-0.25, -0.2) is 4.79 Å². The second-order valence-corrected chi connectivity index (χ2v) is 8.14. The molecule has 0 aromatic carbocycles. The molecule has 0 aromatic heterocycles. The maximum absolute atomic E-state index is 13.0. The van der Waals surface area contributed by atoms with E-state index in [-0.39, 0.29) is 25.0 Å². The molecule has 26 heavy (non-hydrogen) atoms. The normalized spacial score (nSPS) is 34.7. The van der Waals surface area contributed by atoms with E-state index in [0.717, 1.165) is 37.0 Å². The van der Waals surface area contributed by atoms with Gasteiger partial charge in [-0.15, -0.1) is 0 Å². The highest BCUT2D eigenvalue weighted by atomic mass is 16.3. The predicted molar refractivity (Wildman–Crippen MR) is 96.3 cm³/mol. The Balaban J connectivity index is 1.69. The van der Waals surface area contributed by atoms with Crippen molar-refractivity contribution in [3.63, 3.8) is 0 Å². The summed E-state index contributed by atoms with van der Waals surface area (Å²) in [7, 11) is 0. The molecule has 2 aliphatic heterocycles. The van der Waals surface area contributed by atoms with Crippen LogP contribution in [-0.2, 0) is 9.59 Å². The van der Waals surface area contributed by atoms with E-state index in [1.54, 1.807) is 4.90 Å². The smallest absolute Gasteiger partial charge is 0.325 e. The number of carbonyl (C=O) groups is 3. The lowest BCUT2D eigenvalue weighted by atomic mass is 9.75. The largest absolute Gasteiger partial charge is 0.394 e. The molecule has 0 aromatic rings. The minimum Gasteiger partial charge on any atom is -0.394 e. The quantitative estimate of drug-likeness (QED) is 0.725. The van der Waals surface area contributed by atoms with Gasteiger partial charge in [0.05, 0.1) is 12.1 Å². The molecular weight excluding hydrogens is 334 g/mol. The molecule has 3 rings (SSSR count). The van der Waals surface area contributed by atoms with E-state index in [4.69, 9.17) is 0 Å². The second-order valence-electron chi connectivity index (χ2n) is 8.14. The zero-order valence-electron chi connectivity index (χ0n) is 15.9. The van der Waals surface area contributed by atoms with Crippen molar-refractivity contribution in [3.8, 4) is 0 Å². The molecule has 7 nitrogen and oxygen atoms in total. The summed E-state index contributed by atoms with van der Waals surface area (Å²) in [6.07, 6.45) is 6.52. The van der Waals surface area contributed by atoms with Gasteiger partial charge in [0.1, 0.15) is 12.1 Å². The molecule has 146 valence electrons. The third-order valence-corrected chi connectivity index (χ3v) is 6.93. The Morgan fingerprint density at radius 3 is 2.50 bits per heavy atom. The molecule has 0 radical (unpaired) electrons. The standard InChI is InChI=1S/C19H31N3O4/c1-3-14-6-9-19(10-7-14)16(25)21(17(26)20-19)12-15(24)22-11-5-8-18(22,4-2)13-23/h14,23H,3-13H2,1-2H3,(H,20,26)/t14?,18-,19?/m1/s1. The zero-order chi connectivity index (χ0) is 18.9. The van der Waals surface area contributed by atoms with E-state index in [1.165, 1.54) is 0 Å². The maximum atomic E-state index is 13.0. The number of aliphatic hydroxyl groups is 1. The molecule has 4 amide bonds. The zero-order valence-corrected chi connectivity index (χ0v) is 15.9. The Kier molecular flexibility index (Phi) is 5.28. The number of hydrogen-bond acceptors (Lipinski definition) is 4. The molecule has 3 aliphatic rings.